The van der Waals surface area contributed by atoms with Gasteiger partial charge in [-0.2, -0.15) is 5.10 Å². The molecule has 0 spiro atoms. The van der Waals surface area contributed by atoms with Gasteiger partial charge in [0.15, 0.2) is 0 Å². The molecule has 110 valence electrons. The molecular weight excluding hydrogens is 264 g/mol. The standard InChI is InChI=1S/C16H20N4O/c1-4-13-14(6-8-18-15(13)17)12-10-19-20(11-12)16(2,3)7-5-9-21/h4,6,8-11H,1,5,7H2,2-3H3,(H2,17,18). The summed E-state index contributed by atoms with van der Waals surface area (Å²) < 4.78 is 1.88. The quantitative estimate of drug-likeness (QED) is 0.828. The van der Waals surface area contributed by atoms with Crippen molar-refractivity contribution in [2.24, 2.45) is 0 Å². The maximum Gasteiger partial charge on any atom is 0.131 e. The lowest BCUT2D eigenvalue weighted by molar-refractivity contribution is -0.108. The topological polar surface area (TPSA) is 73.8 Å². The van der Waals surface area contributed by atoms with Crippen molar-refractivity contribution in [1.29, 1.82) is 0 Å². The fourth-order valence-electron chi connectivity index (χ4n) is 2.28. The van der Waals surface area contributed by atoms with Crippen molar-refractivity contribution in [3.05, 3.63) is 36.8 Å². The van der Waals surface area contributed by atoms with Gasteiger partial charge in [0.1, 0.15) is 12.1 Å². The van der Waals surface area contributed by atoms with Gasteiger partial charge in [0, 0.05) is 29.9 Å². The van der Waals surface area contributed by atoms with Crippen LogP contribution in [0.2, 0.25) is 0 Å². The molecule has 5 heteroatoms. The minimum absolute atomic E-state index is 0.216. The second kappa shape index (κ2) is 5.91. The highest BCUT2D eigenvalue weighted by Gasteiger charge is 2.21. The van der Waals surface area contributed by atoms with Crippen LogP contribution in [-0.4, -0.2) is 21.1 Å². The Balaban J connectivity index is 2.39. The second-order valence-corrected chi connectivity index (χ2v) is 5.55. The van der Waals surface area contributed by atoms with E-state index in [4.69, 9.17) is 5.73 Å². The molecule has 2 aromatic heterocycles. The van der Waals surface area contributed by atoms with Crippen molar-refractivity contribution < 1.29 is 4.79 Å². The molecule has 2 heterocycles. The first kappa shape index (κ1) is 15.0. The van der Waals surface area contributed by atoms with Crippen molar-refractivity contribution in [3.63, 3.8) is 0 Å². The van der Waals surface area contributed by atoms with Gasteiger partial charge >= 0.3 is 0 Å². The number of nitrogen functional groups attached to an aromatic ring is 1. The lowest BCUT2D eigenvalue weighted by Gasteiger charge is -2.24. The zero-order valence-corrected chi connectivity index (χ0v) is 12.4. The second-order valence-electron chi connectivity index (χ2n) is 5.55. The minimum Gasteiger partial charge on any atom is -0.383 e. The molecule has 0 saturated carbocycles. The number of carbonyl (C=O) groups is 1. The number of hydrogen-bond donors (Lipinski definition) is 1. The lowest BCUT2D eigenvalue weighted by Crippen LogP contribution is -2.26. The van der Waals surface area contributed by atoms with Crippen LogP contribution >= 0.6 is 0 Å². The van der Waals surface area contributed by atoms with Crippen LogP contribution in [0.1, 0.15) is 32.3 Å². The molecule has 0 unspecified atom stereocenters. The van der Waals surface area contributed by atoms with Crippen molar-refractivity contribution in [2.75, 3.05) is 5.73 Å². The maximum atomic E-state index is 10.6. The molecule has 0 aliphatic heterocycles. The van der Waals surface area contributed by atoms with E-state index in [1.54, 1.807) is 18.5 Å². The number of pyridine rings is 1. The molecule has 0 aliphatic rings. The first-order valence-corrected chi connectivity index (χ1v) is 6.85. The third-order valence-corrected chi connectivity index (χ3v) is 3.61. The first-order valence-electron chi connectivity index (χ1n) is 6.85. The Morgan fingerprint density at radius 1 is 1.48 bits per heavy atom. The maximum absolute atomic E-state index is 10.6. The summed E-state index contributed by atoms with van der Waals surface area (Å²) in [5.74, 6) is 0.454. The number of hydrogen-bond acceptors (Lipinski definition) is 4. The number of carbonyl (C=O) groups excluding carboxylic acids is 1. The van der Waals surface area contributed by atoms with Gasteiger partial charge in [0.2, 0.25) is 0 Å². The van der Waals surface area contributed by atoms with Crippen LogP contribution in [0.3, 0.4) is 0 Å². The van der Waals surface area contributed by atoms with E-state index >= 15 is 0 Å². The molecule has 0 atom stereocenters. The smallest absolute Gasteiger partial charge is 0.131 e. The highest BCUT2D eigenvalue weighted by Crippen LogP contribution is 2.29. The van der Waals surface area contributed by atoms with Crippen molar-refractivity contribution in [3.8, 4) is 11.1 Å². The van der Waals surface area contributed by atoms with E-state index in [1.807, 2.05) is 16.9 Å². The van der Waals surface area contributed by atoms with Crippen LogP contribution in [0.15, 0.2) is 31.2 Å². The Morgan fingerprint density at radius 3 is 2.90 bits per heavy atom. The summed E-state index contributed by atoms with van der Waals surface area (Å²) in [4.78, 5) is 14.6. The van der Waals surface area contributed by atoms with Gasteiger partial charge in [-0.15, -0.1) is 0 Å². The predicted octanol–water partition coefficient (Wildman–Crippen LogP) is 2.88. The highest BCUT2D eigenvalue weighted by atomic mass is 16.1. The third kappa shape index (κ3) is 3.02. The van der Waals surface area contributed by atoms with Crippen LogP contribution in [-0.2, 0) is 10.3 Å². The molecule has 0 saturated heterocycles. The Labute approximate surface area is 124 Å². The van der Waals surface area contributed by atoms with Crippen molar-refractivity contribution in [1.82, 2.24) is 14.8 Å². The summed E-state index contributed by atoms with van der Waals surface area (Å²) in [6, 6.07) is 1.90. The highest BCUT2D eigenvalue weighted by molar-refractivity contribution is 5.79. The van der Waals surface area contributed by atoms with E-state index in [2.05, 4.69) is 30.5 Å². The molecule has 2 aromatic rings. The van der Waals surface area contributed by atoms with Gasteiger partial charge in [-0.3, -0.25) is 4.68 Å². The first-order chi connectivity index (χ1) is 9.99. The van der Waals surface area contributed by atoms with Crippen LogP contribution < -0.4 is 5.73 Å². The number of nitrogens with zero attached hydrogens (tertiary/aromatic N) is 3. The zero-order chi connectivity index (χ0) is 15.5. The van der Waals surface area contributed by atoms with Crippen LogP contribution in [0, 0.1) is 0 Å². The van der Waals surface area contributed by atoms with Crippen LogP contribution in [0.25, 0.3) is 17.2 Å². The molecular formula is C16H20N4O. The molecule has 0 aliphatic carbocycles. The third-order valence-electron chi connectivity index (χ3n) is 3.61. The van der Waals surface area contributed by atoms with Gasteiger partial charge in [-0.25, -0.2) is 4.98 Å². The van der Waals surface area contributed by atoms with Crippen LogP contribution in [0.4, 0.5) is 5.82 Å². The summed E-state index contributed by atoms with van der Waals surface area (Å²) in [7, 11) is 0. The molecule has 0 aromatic carbocycles. The van der Waals surface area contributed by atoms with E-state index in [-0.39, 0.29) is 5.54 Å². The van der Waals surface area contributed by atoms with Gasteiger partial charge < -0.3 is 10.5 Å². The van der Waals surface area contributed by atoms with E-state index < -0.39 is 0 Å². The Kier molecular flexibility index (Phi) is 4.21. The minimum atomic E-state index is -0.216. The van der Waals surface area contributed by atoms with E-state index in [9.17, 15) is 4.79 Å². The van der Waals surface area contributed by atoms with Crippen molar-refractivity contribution >= 4 is 18.2 Å². The van der Waals surface area contributed by atoms with E-state index in [0.29, 0.717) is 12.2 Å². The SMILES string of the molecule is C=Cc1c(-c2cnn(C(C)(C)CCC=O)c2)ccnc1N. The summed E-state index contributed by atoms with van der Waals surface area (Å²) in [6.07, 6.45) is 9.33. The number of nitrogens with two attached hydrogens (primary N) is 1. The molecule has 5 nitrogen and oxygen atoms in total. The molecule has 0 radical (unpaired) electrons. The molecule has 2 rings (SSSR count). The summed E-state index contributed by atoms with van der Waals surface area (Å²) in [5.41, 5.74) is 8.38. The average Bonchev–Trinajstić information content (AvgIpc) is 2.95. The lowest BCUT2D eigenvalue weighted by atomic mass is 9.99. The summed E-state index contributed by atoms with van der Waals surface area (Å²) >= 11 is 0. The Morgan fingerprint density at radius 2 is 2.24 bits per heavy atom. The number of anilines is 1. The number of aromatic nitrogens is 3. The molecule has 0 amide bonds. The van der Waals surface area contributed by atoms with Crippen LogP contribution in [0.5, 0.6) is 0 Å². The fourth-order valence-corrected chi connectivity index (χ4v) is 2.28. The normalized spacial score (nSPS) is 11.3. The van der Waals surface area contributed by atoms with Gasteiger partial charge in [0.05, 0.1) is 11.7 Å². The van der Waals surface area contributed by atoms with Gasteiger partial charge in [-0.1, -0.05) is 12.7 Å². The number of rotatable bonds is 6. The van der Waals surface area contributed by atoms with Crippen molar-refractivity contribution in [2.45, 2.75) is 32.2 Å². The van der Waals surface area contributed by atoms with Gasteiger partial charge in [0.25, 0.3) is 0 Å². The molecule has 0 bridgehead atoms. The average molecular weight is 284 g/mol. The van der Waals surface area contributed by atoms with Gasteiger partial charge in [-0.05, 0) is 31.9 Å². The Hall–Kier alpha value is -2.43. The summed E-state index contributed by atoms with van der Waals surface area (Å²) in [5, 5.41) is 4.43. The number of aldehydes is 1. The zero-order valence-electron chi connectivity index (χ0n) is 12.4. The monoisotopic (exact) mass is 284 g/mol. The molecule has 0 fully saturated rings. The molecule has 2 N–H and O–H groups in total. The summed E-state index contributed by atoms with van der Waals surface area (Å²) in [6.45, 7) is 7.90. The Bertz CT molecular complexity index is 658. The predicted molar refractivity (Wildman–Crippen MR) is 84.6 cm³/mol. The van der Waals surface area contributed by atoms with E-state index in [0.717, 1.165) is 29.4 Å². The molecule has 21 heavy (non-hydrogen) atoms. The fraction of sp³-hybridized carbons (Fsp3) is 0.312. The largest absolute Gasteiger partial charge is 0.383 e. The van der Waals surface area contributed by atoms with E-state index in [1.165, 1.54) is 0 Å².